The third kappa shape index (κ3) is 3.79. The summed E-state index contributed by atoms with van der Waals surface area (Å²) in [6, 6.07) is 5.40. The molecular formula is C12H15NO4. The van der Waals surface area contributed by atoms with E-state index in [1.54, 1.807) is 6.07 Å². The Hall–Kier alpha value is -2.04. The fourth-order valence-corrected chi connectivity index (χ4v) is 1.39. The molecular weight excluding hydrogens is 222 g/mol. The van der Waals surface area contributed by atoms with Crippen LogP contribution < -0.4 is 10.1 Å². The summed E-state index contributed by atoms with van der Waals surface area (Å²) < 4.78 is 5.12. The summed E-state index contributed by atoms with van der Waals surface area (Å²) in [4.78, 5) is 21.8. The van der Waals surface area contributed by atoms with Crippen LogP contribution in [0.15, 0.2) is 18.2 Å². The predicted octanol–water partition coefficient (Wildman–Crippen LogP) is 1.81. The standard InChI is InChI=1S/C12H15NO4/c1-8-4-3-5-9(17-2)12(8)13-10(14)6-7-11(15)16/h3-5H,6-7H2,1-2H3,(H,13,14)(H,15,16). The summed E-state index contributed by atoms with van der Waals surface area (Å²) in [5.41, 5.74) is 1.46. The van der Waals surface area contributed by atoms with E-state index >= 15 is 0 Å². The molecule has 0 aliphatic carbocycles. The first kappa shape index (κ1) is 13.0. The summed E-state index contributed by atoms with van der Waals surface area (Å²) in [6.45, 7) is 1.84. The van der Waals surface area contributed by atoms with Gasteiger partial charge in [0.05, 0.1) is 19.2 Å². The fraction of sp³-hybridized carbons (Fsp3) is 0.333. The van der Waals surface area contributed by atoms with Crippen molar-refractivity contribution in [2.45, 2.75) is 19.8 Å². The van der Waals surface area contributed by atoms with Crippen molar-refractivity contribution < 1.29 is 19.4 Å². The van der Waals surface area contributed by atoms with E-state index in [0.717, 1.165) is 5.56 Å². The predicted molar refractivity (Wildman–Crippen MR) is 63.2 cm³/mol. The molecule has 0 aromatic heterocycles. The van der Waals surface area contributed by atoms with Crippen LogP contribution in [0.1, 0.15) is 18.4 Å². The number of benzene rings is 1. The van der Waals surface area contributed by atoms with Gasteiger partial charge in [0.25, 0.3) is 0 Å². The van der Waals surface area contributed by atoms with E-state index in [1.807, 2.05) is 19.1 Å². The smallest absolute Gasteiger partial charge is 0.303 e. The topological polar surface area (TPSA) is 75.6 Å². The number of aryl methyl sites for hydroxylation is 1. The largest absolute Gasteiger partial charge is 0.495 e. The number of ether oxygens (including phenoxy) is 1. The third-order valence-corrected chi connectivity index (χ3v) is 2.28. The molecule has 0 saturated heterocycles. The summed E-state index contributed by atoms with van der Waals surface area (Å²) in [6.07, 6.45) is -0.229. The maximum atomic E-state index is 11.5. The average molecular weight is 237 g/mol. The molecule has 1 rings (SSSR count). The number of rotatable bonds is 5. The van der Waals surface area contributed by atoms with Gasteiger partial charge in [-0.25, -0.2) is 0 Å². The number of hydrogen-bond acceptors (Lipinski definition) is 3. The minimum absolute atomic E-state index is 0.0488. The number of hydrogen-bond donors (Lipinski definition) is 2. The van der Waals surface area contributed by atoms with Crippen LogP contribution in [0.5, 0.6) is 5.75 Å². The molecule has 1 aromatic rings. The number of carboxylic acid groups (broad SMARTS) is 1. The van der Waals surface area contributed by atoms with Gasteiger partial charge in [0.2, 0.25) is 5.91 Å². The Morgan fingerprint density at radius 2 is 2.06 bits per heavy atom. The Kier molecular flexibility index (Phi) is 4.51. The third-order valence-electron chi connectivity index (χ3n) is 2.28. The number of nitrogens with one attached hydrogen (secondary N) is 1. The number of para-hydroxylation sites is 1. The normalized spacial score (nSPS) is 9.76. The lowest BCUT2D eigenvalue weighted by Crippen LogP contribution is -2.14. The van der Waals surface area contributed by atoms with Crippen molar-refractivity contribution in [3.63, 3.8) is 0 Å². The number of anilines is 1. The summed E-state index contributed by atoms with van der Waals surface area (Å²) in [7, 11) is 1.52. The highest BCUT2D eigenvalue weighted by Gasteiger charge is 2.11. The zero-order chi connectivity index (χ0) is 12.8. The Morgan fingerprint density at radius 3 is 2.65 bits per heavy atom. The van der Waals surface area contributed by atoms with Gasteiger partial charge in [0, 0.05) is 6.42 Å². The molecule has 0 saturated carbocycles. The average Bonchev–Trinajstić information content (AvgIpc) is 2.29. The first-order valence-electron chi connectivity index (χ1n) is 5.20. The molecule has 2 N–H and O–H groups in total. The van der Waals surface area contributed by atoms with Crippen molar-refractivity contribution in [3.8, 4) is 5.75 Å². The first-order chi connectivity index (χ1) is 8.04. The van der Waals surface area contributed by atoms with Gasteiger partial charge < -0.3 is 15.2 Å². The molecule has 0 atom stereocenters. The van der Waals surface area contributed by atoms with Crippen LogP contribution in [-0.2, 0) is 9.59 Å². The Morgan fingerprint density at radius 1 is 1.35 bits per heavy atom. The SMILES string of the molecule is COc1cccc(C)c1NC(=O)CCC(=O)O. The molecule has 5 nitrogen and oxygen atoms in total. The zero-order valence-corrected chi connectivity index (χ0v) is 9.82. The summed E-state index contributed by atoms with van der Waals surface area (Å²) in [5.74, 6) is -0.759. The molecule has 5 heteroatoms. The van der Waals surface area contributed by atoms with Crippen LogP contribution in [0.4, 0.5) is 5.69 Å². The second kappa shape index (κ2) is 5.89. The maximum absolute atomic E-state index is 11.5. The number of aliphatic carboxylic acids is 1. The van der Waals surface area contributed by atoms with Gasteiger partial charge in [0.1, 0.15) is 5.75 Å². The van der Waals surface area contributed by atoms with Crippen LogP contribution in [0.2, 0.25) is 0 Å². The lowest BCUT2D eigenvalue weighted by atomic mass is 10.1. The van der Waals surface area contributed by atoms with Crippen molar-refractivity contribution >= 4 is 17.6 Å². The molecule has 92 valence electrons. The molecule has 0 spiro atoms. The molecule has 0 fully saturated rings. The van der Waals surface area contributed by atoms with Gasteiger partial charge in [-0.2, -0.15) is 0 Å². The van der Waals surface area contributed by atoms with Crippen LogP contribution >= 0.6 is 0 Å². The fourth-order valence-electron chi connectivity index (χ4n) is 1.39. The van der Waals surface area contributed by atoms with E-state index in [2.05, 4.69) is 5.32 Å². The second-order valence-corrected chi connectivity index (χ2v) is 3.59. The minimum Gasteiger partial charge on any atom is -0.495 e. The van der Waals surface area contributed by atoms with Crippen molar-refractivity contribution in [2.75, 3.05) is 12.4 Å². The van der Waals surface area contributed by atoms with Crippen LogP contribution in [-0.4, -0.2) is 24.1 Å². The van der Waals surface area contributed by atoms with Crippen LogP contribution in [0, 0.1) is 6.92 Å². The highest BCUT2D eigenvalue weighted by Crippen LogP contribution is 2.27. The summed E-state index contributed by atoms with van der Waals surface area (Å²) in [5, 5.41) is 11.1. The van der Waals surface area contributed by atoms with E-state index in [9.17, 15) is 9.59 Å². The van der Waals surface area contributed by atoms with E-state index in [4.69, 9.17) is 9.84 Å². The van der Waals surface area contributed by atoms with E-state index in [0.29, 0.717) is 11.4 Å². The van der Waals surface area contributed by atoms with Crippen LogP contribution in [0.3, 0.4) is 0 Å². The molecule has 0 unspecified atom stereocenters. The zero-order valence-electron chi connectivity index (χ0n) is 9.82. The Balaban J connectivity index is 2.73. The van der Waals surface area contributed by atoms with E-state index < -0.39 is 5.97 Å². The van der Waals surface area contributed by atoms with Gasteiger partial charge in [-0.15, -0.1) is 0 Å². The van der Waals surface area contributed by atoms with Crippen molar-refractivity contribution in [2.24, 2.45) is 0 Å². The van der Waals surface area contributed by atoms with Gasteiger partial charge in [0.15, 0.2) is 0 Å². The quantitative estimate of drug-likeness (QED) is 0.818. The van der Waals surface area contributed by atoms with Gasteiger partial charge in [-0.1, -0.05) is 12.1 Å². The molecule has 0 radical (unpaired) electrons. The molecule has 0 heterocycles. The maximum Gasteiger partial charge on any atom is 0.303 e. The number of amides is 1. The van der Waals surface area contributed by atoms with Crippen molar-refractivity contribution in [1.82, 2.24) is 0 Å². The molecule has 0 aliphatic rings. The first-order valence-corrected chi connectivity index (χ1v) is 5.20. The number of methoxy groups -OCH3 is 1. The molecule has 0 bridgehead atoms. The summed E-state index contributed by atoms with van der Waals surface area (Å²) >= 11 is 0. The Labute approximate surface area is 99.4 Å². The van der Waals surface area contributed by atoms with Crippen molar-refractivity contribution in [3.05, 3.63) is 23.8 Å². The lowest BCUT2D eigenvalue weighted by molar-refractivity contribution is -0.138. The van der Waals surface area contributed by atoms with E-state index in [-0.39, 0.29) is 18.7 Å². The monoisotopic (exact) mass is 237 g/mol. The van der Waals surface area contributed by atoms with Crippen LogP contribution in [0.25, 0.3) is 0 Å². The van der Waals surface area contributed by atoms with Gasteiger partial charge >= 0.3 is 5.97 Å². The number of carbonyl (C=O) groups excluding carboxylic acids is 1. The molecule has 1 aromatic carbocycles. The number of carboxylic acids is 1. The molecule has 0 aliphatic heterocycles. The second-order valence-electron chi connectivity index (χ2n) is 3.59. The lowest BCUT2D eigenvalue weighted by Gasteiger charge is -2.12. The number of carbonyl (C=O) groups is 2. The van der Waals surface area contributed by atoms with Gasteiger partial charge in [-0.05, 0) is 18.6 Å². The minimum atomic E-state index is -0.989. The van der Waals surface area contributed by atoms with Crippen molar-refractivity contribution in [1.29, 1.82) is 0 Å². The van der Waals surface area contributed by atoms with E-state index in [1.165, 1.54) is 7.11 Å². The molecule has 1 amide bonds. The highest BCUT2D eigenvalue weighted by atomic mass is 16.5. The molecule has 17 heavy (non-hydrogen) atoms. The van der Waals surface area contributed by atoms with Gasteiger partial charge in [-0.3, -0.25) is 9.59 Å². The Bertz CT molecular complexity index is 429. The highest BCUT2D eigenvalue weighted by molar-refractivity contribution is 5.94.